The van der Waals surface area contributed by atoms with Gasteiger partial charge in [-0.3, -0.25) is 4.79 Å². The zero-order valence-corrected chi connectivity index (χ0v) is 19.6. The Morgan fingerprint density at radius 3 is 2.66 bits per heavy atom. The minimum atomic E-state index is -0.201. The van der Waals surface area contributed by atoms with Crippen LogP contribution in [0.5, 0.6) is 0 Å². The summed E-state index contributed by atoms with van der Waals surface area (Å²) in [5, 5.41) is 7.24. The van der Waals surface area contributed by atoms with Crippen molar-refractivity contribution in [1.82, 2.24) is 9.97 Å². The number of para-hydroxylation sites is 3. The lowest BCUT2D eigenvalue weighted by molar-refractivity contribution is -0.112. The molecule has 1 aliphatic rings. The van der Waals surface area contributed by atoms with Crippen molar-refractivity contribution in [3.05, 3.63) is 85.1 Å². The highest BCUT2D eigenvalue weighted by Gasteiger charge is 2.16. The van der Waals surface area contributed by atoms with E-state index < -0.39 is 0 Å². The van der Waals surface area contributed by atoms with Crippen molar-refractivity contribution in [2.75, 3.05) is 41.8 Å². The van der Waals surface area contributed by atoms with Crippen molar-refractivity contribution >= 4 is 39.8 Å². The summed E-state index contributed by atoms with van der Waals surface area (Å²) in [6.07, 6.45) is 1.83. The molecule has 1 aliphatic heterocycles. The molecule has 1 amide bonds. The highest BCUT2D eigenvalue weighted by atomic mass is 16.5. The van der Waals surface area contributed by atoms with Gasteiger partial charge in [-0.2, -0.15) is 0 Å². The Kier molecular flexibility index (Phi) is 6.41. The lowest BCUT2D eigenvalue weighted by Crippen LogP contribution is -2.36. The molecule has 0 unspecified atom stereocenters. The van der Waals surface area contributed by atoms with Crippen molar-refractivity contribution in [1.29, 1.82) is 0 Å². The smallest absolute Gasteiger partial charge is 0.250 e. The molecule has 1 fully saturated rings. The fraction of sp³-hybridized carbons (Fsp3) is 0.179. The van der Waals surface area contributed by atoms with Crippen LogP contribution in [0.2, 0.25) is 0 Å². The molecule has 2 heterocycles. The number of hydrogen-bond donors (Lipinski definition) is 2. The molecule has 1 saturated heterocycles. The number of benzene rings is 3. The van der Waals surface area contributed by atoms with Crippen LogP contribution in [0.1, 0.15) is 6.92 Å². The van der Waals surface area contributed by atoms with Gasteiger partial charge in [-0.1, -0.05) is 49.0 Å². The normalized spacial score (nSPS) is 13.5. The van der Waals surface area contributed by atoms with E-state index in [9.17, 15) is 4.79 Å². The molecule has 3 aromatic carbocycles. The summed E-state index contributed by atoms with van der Waals surface area (Å²) in [5.74, 6) is 0.324. The van der Waals surface area contributed by atoms with Crippen molar-refractivity contribution in [3.8, 4) is 11.1 Å². The Balaban J connectivity index is 1.49. The Morgan fingerprint density at radius 1 is 1.03 bits per heavy atom. The topological polar surface area (TPSA) is 79.4 Å². The lowest BCUT2D eigenvalue weighted by Gasteiger charge is -2.30. The third-order valence-electron chi connectivity index (χ3n) is 5.93. The van der Waals surface area contributed by atoms with E-state index in [4.69, 9.17) is 9.72 Å². The minimum absolute atomic E-state index is 0.201. The predicted molar refractivity (Wildman–Crippen MR) is 141 cm³/mol. The van der Waals surface area contributed by atoms with Gasteiger partial charge < -0.3 is 20.3 Å². The zero-order chi connectivity index (χ0) is 24.2. The first-order valence-electron chi connectivity index (χ1n) is 11.6. The fourth-order valence-corrected chi connectivity index (χ4v) is 4.13. The maximum absolute atomic E-state index is 12.1. The largest absolute Gasteiger partial charge is 0.378 e. The highest BCUT2D eigenvalue weighted by Crippen LogP contribution is 2.32. The summed E-state index contributed by atoms with van der Waals surface area (Å²) in [6, 6.07) is 21.9. The van der Waals surface area contributed by atoms with E-state index in [0.717, 1.165) is 59.7 Å². The number of rotatable bonds is 6. The molecule has 35 heavy (non-hydrogen) atoms. The first-order chi connectivity index (χ1) is 17.1. The third kappa shape index (κ3) is 5.00. The van der Waals surface area contributed by atoms with Crippen LogP contribution < -0.4 is 15.5 Å². The molecule has 4 aromatic rings. The molecule has 0 bridgehead atoms. The van der Waals surface area contributed by atoms with Crippen LogP contribution in [0.15, 0.2) is 85.1 Å². The van der Waals surface area contributed by atoms with Gasteiger partial charge in [0.15, 0.2) is 0 Å². The van der Waals surface area contributed by atoms with E-state index in [1.165, 1.54) is 0 Å². The number of aromatic nitrogens is 2. The van der Waals surface area contributed by atoms with E-state index in [0.29, 0.717) is 17.2 Å². The van der Waals surface area contributed by atoms with E-state index in [1.54, 1.807) is 6.92 Å². The SMILES string of the molecule is C=C(C)C(=O)Nc1cccc(-c2cccc3cnc(Nc4ccccc4N4CCOCC4)nc23)c1. The summed E-state index contributed by atoms with van der Waals surface area (Å²) in [5.41, 5.74) is 5.97. The van der Waals surface area contributed by atoms with Gasteiger partial charge in [0.25, 0.3) is 5.91 Å². The van der Waals surface area contributed by atoms with Crippen LogP contribution >= 0.6 is 0 Å². The van der Waals surface area contributed by atoms with E-state index in [-0.39, 0.29) is 5.91 Å². The Labute approximate surface area is 204 Å². The zero-order valence-electron chi connectivity index (χ0n) is 19.6. The quantitative estimate of drug-likeness (QED) is 0.372. The van der Waals surface area contributed by atoms with Crippen LogP contribution in [0, 0.1) is 0 Å². The van der Waals surface area contributed by atoms with E-state index >= 15 is 0 Å². The second-order valence-electron chi connectivity index (χ2n) is 8.49. The van der Waals surface area contributed by atoms with Crippen LogP contribution in [0.3, 0.4) is 0 Å². The standard InChI is InChI=1S/C28H27N5O2/c1-19(2)27(34)30-22-9-5-7-20(17-22)23-10-6-8-21-18-29-28(32-26(21)23)31-24-11-3-4-12-25(24)33-13-15-35-16-14-33/h3-12,17-18H,1,13-16H2,2H3,(H,30,34)(H,29,31,32). The van der Waals surface area contributed by atoms with Crippen molar-refractivity contribution in [3.63, 3.8) is 0 Å². The van der Waals surface area contributed by atoms with Gasteiger partial charge in [0.1, 0.15) is 0 Å². The van der Waals surface area contributed by atoms with Gasteiger partial charge in [0.05, 0.1) is 30.1 Å². The first kappa shape index (κ1) is 22.6. The molecule has 2 N–H and O–H groups in total. The van der Waals surface area contributed by atoms with Gasteiger partial charge in [0.2, 0.25) is 5.95 Å². The Morgan fingerprint density at radius 2 is 1.83 bits per heavy atom. The summed E-state index contributed by atoms with van der Waals surface area (Å²) in [6.45, 7) is 8.53. The Hall–Kier alpha value is -4.23. The van der Waals surface area contributed by atoms with E-state index in [2.05, 4.69) is 33.2 Å². The number of amides is 1. The minimum Gasteiger partial charge on any atom is -0.378 e. The number of carbonyl (C=O) groups is 1. The molecule has 0 spiro atoms. The molecule has 0 aliphatic carbocycles. The van der Waals surface area contributed by atoms with Gasteiger partial charge >= 0.3 is 0 Å². The lowest BCUT2D eigenvalue weighted by atomic mass is 10.0. The third-order valence-corrected chi connectivity index (χ3v) is 5.93. The second kappa shape index (κ2) is 9.95. The number of carbonyl (C=O) groups excluding carboxylic acids is 1. The molecule has 7 nitrogen and oxygen atoms in total. The fourth-order valence-electron chi connectivity index (χ4n) is 4.13. The monoisotopic (exact) mass is 465 g/mol. The molecule has 7 heteroatoms. The second-order valence-corrected chi connectivity index (χ2v) is 8.49. The molecule has 0 atom stereocenters. The molecule has 0 saturated carbocycles. The number of nitrogens with one attached hydrogen (secondary N) is 2. The van der Waals surface area contributed by atoms with Crippen LogP contribution in [-0.4, -0.2) is 42.2 Å². The van der Waals surface area contributed by atoms with Crippen LogP contribution in [0.4, 0.5) is 23.0 Å². The molecule has 176 valence electrons. The number of morpholine rings is 1. The van der Waals surface area contributed by atoms with Crippen LogP contribution in [-0.2, 0) is 9.53 Å². The summed E-state index contributed by atoms with van der Waals surface area (Å²) in [7, 11) is 0. The molecular formula is C28H27N5O2. The predicted octanol–water partition coefficient (Wildman–Crippen LogP) is 5.39. The van der Waals surface area contributed by atoms with Gasteiger partial charge in [0, 0.05) is 41.5 Å². The van der Waals surface area contributed by atoms with Gasteiger partial charge in [-0.05, 0) is 36.8 Å². The van der Waals surface area contributed by atoms with Gasteiger partial charge in [-0.25, -0.2) is 9.97 Å². The summed E-state index contributed by atoms with van der Waals surface area (Å²) < 4.78 is 5.51. The molecule has 0 radical (unpaired) electrons. The number of anilines is 4. The first-order valence-corrected chi connectivity index (χ1v) is 11.6. The molecule has 1 aromatic heterocycles. The van der Waals surface area contributed by atoms with Crippen molar-refractivity contribution in [2.45, 2.75) is 6.92 Å². The maximum atomic E-state index is 12.1. The molecular weight excluding hydrogens is 438 g/mol. The van der Waals surface area contributed by atoms with Crippen molar-refractivity contribution < 1.29 is 9.53 Å². The molecule has 5 rings (SSSR count). The number of fused-ring (bicyclic) bond motifs is 1. The average molecular weight is 466 g/mol. The van der Waals surface area contributed by atoms with Crippen molar-refractivity contribution in [2.24, 2.45) is 0 Å². The maximum Gasteiger partial charge on any atom is 0.250 e. The van der Waals surface area contributed by atoms with E-state index in [1.807, 2.05) is 66.9 Å². The number of nitrogens with zero attached hydrogens (tertiary/aromatic N) is 3. The Bertz CT molecular complexity index is 1400. The summed E-state index contributed by atoms with van der Waals surface area (Å²) in [4.78, 5) is 23.8. The average Bonchev–Trinajstić information content (AvgIpc) is 2.89. The highest BCUT2D eigenvalue weighted by molar-refractivity contribution is 6.03. The van der Waals surface area contributed by atoms with Gasteiger partial charge in [-0.15, -0.1) is 0 Å². The number of hydrogen-bond acceptors (Lipinski definition) is 6. The summed E-state index contributed by atoms with van der Waals surface area (Å²) >= 11 is 0. The number of ether oxygens (including phenoxy) is 1. The van der Waals surface area contributed by atoms with Crippen LogP contribution in [0.25, 0.3) is 22.0 Å².